The molecule has 6 heteroatoms. The van der Waals surface area contributed by atoms with Gasteiger partial charge in [0.1, 0.15) is 5.75 Å². The fraction of sp³-hybridized carbons (Fsp3) is 0.308. The average molecular weight is 389 g/mol. The Hall–Kier alpha value is -0.850. The van der Waals surface area contributed by atoms with Crippen LogP contribution in [0.3, 0.4) is 0 Å². The topological polar surface area (TPSA) is 39.1 Å². The molecule has 0 fully saturated rings. The molecule has 0 atom stereocenters. The number of nitrogens with one attached hydrogen (secondary N) is 1. The number of aromatic nitrogens is 2. The molecule has 0 bridgehead atoms. The minimum Gasteiger partial charge on any atom is -0.494 e. The number of hydrogen-bond acceptors (Lipinski definition) is 3. The van der Waals surface area contributed by atoms with Gasteiger partial charge in [-0.15, -0.1) is 0 Å². The molecule has 0 spiro atoms. The summed E-state index contributed by atoms with van der Waals surface area (Å²) in [6.45, 7) is 1.59. The van der Waals surface area contributed by atoms with Crippen molar-refractivity contribution in [3.63, 3.8) is 0 Å². The maximum atomic E-state index is 5.28. The molecule has 0 saturated heterocycles. The Balaban J connectivity index is 1.96. The highest BCUT2D eigenvalue weighted by Crippen LogP contribution is 2.34. The van der Waals surface area contributed by atoms with E-state index in [1.807, 2.05) is 19.4 Å². The van der Waals surface area contributed by atoms with Crippen LogP contribution in [0.15, 0.2) is 33.5 Å². The van der Waals surface area contributed by atoms with E-state index in [1.165, 1.54) is 11.1 Å². The standard InChI is InChI=1S/C13H15Br2N3O/c1-18-8-10(7-17-18)6-16-5-9-3-11(14)13(19-2)12(15)4-9/h3-4,7-8,16H,5-6H2,1-2H3. The van der Waals surface area contributed by atoms with Gasteiger partial charge in [0.2, 0.25) is 0 Å². The third-order valence-corrected chi connectivity index (χ3v) is 3.86. The second-order valence-corrected chi connectivity index (χ2v) is 5.93. The minimum atomic E-state index is 0.788. The number of halogens is 2. The molecule has 19 heavy (non-hydrogen) atoms. The van der Waals surface area contributed by atoms with Crippen molar-refractivity contribution >= 4 is 31.9 Å². The number of ether oxygens (including phenoxy) is 1. The van der Waals surface area contributed by atoms with Crippen molar-refractivity contribution in [3.8, 4) is 5.75 Å². The Morgan fingerprint density at radius 1 is 1.21 bits per heavy atom. The number of methoxy groups -OCH3 is 1. The van der Waals surface area contributed by atoms with Gasteiger partial charge in [-0.05, 0) is 49.6 Å². The molecule has 1 aromatic carbocycles. The monoisotopic (exact) mass is 387 g/mol. The van der Waals surface area contributed by atoms with Gasteiger partial charge in [0, 0.05) is 31.9 Å². The van der Waals surface area contributed by atoms with Crippen LogP contribution in [0.1, 0.15) is 11.1 Å². The summed E-state index contributed by atoms with van der Waals surface area (Å²) in [5.41, 5.74) is 2.36. The number of hydrogen-bond donors (Lipinski definition) is 1. The highest BCUT2D eigenvalue weighted by atomic mass is 79.9. The lowest BCUT2D eigenvalue weighted by Crippen LogP contribution is -2.12. The largest absolute Gasteiger partial charge is 0.494 e. The van der Waals surface area contributed by atoms with Crippen LogP contribution >= 0.6 is 31.9 Å². The maximum Gasteiger partial charge on any atom is 0.147 e. The van der Waals surface area contributed by atoms with Crippen molar-refractivity contribution in [1.82, 2.24) is 15.1 Å². The molecule has 0 aliphatic heterocycles. The smallest absolute Gasteiger partial charge is 0.147 e. The van der Waals surface area contributed by atoms with E-state index in [9.17, 15) is 0 Å². The van der Waals surface area contributed by atoms with Crippen molar-refractivity contribution in [2.75, 3.05) is 7.11 Å². The van der Waals surface area contributed by atoms with Gasteiger partial charge in [-0.3, -0.25) is 4.68 Å². The summed E-state index contributed by atoms with van der Waals surface area (Å²) < 4.78 is 8.98. The van der Waals surface area contributed by atoms with E-state index in [0.717, 1.165) is 27.8 Å². The second-order valence-electron chi connectivity index (χ2n) is 4.22. The first kappa shape index (κ1) is 14.6. The molecule has 0 aliphatic carbocycles. The lowest BCUT2D eigenvalue weighted by molar-refractivity contribution is 0.409. The molecule has 0 radical (unpaired) electrons. The van der Waals surface area contributed by atoms with Crippen molar-refractivity contribution in [1.29, 1.82) is 0 Å². The fourth-order valence-electron chi connectivity index (χ4n) is 1.82. The third kappa shape index (κ3) is 3.81. The molecule has 0 unspecified atom stereocenters. The second kappa shape index (κ2) is 6.54. The zero-order chi connectivity index (χ0) is 13.8. The molecule has 0 aliphatic rings. The van der Waals surface area contributed by atoms with E-state index >= 15 is 0 Å². The lowest BCUT2D eigenvalue weighted by Gasteiger charge is -2.09. The van der Waals surface area contributed by atoms with Crippen LogP contribution in [0, 0.1) is 0 Å². The number of rotatable bonds is 5. The van der Waals surface area contributed by atoms with E-state index in [2.05, 4.69) is 54.4 Å². The molecular formula is C13H15Br2N3O. The molecule has 2 rings (SSSR count). The minimum absolute atomic E-state index is 0.788. The van der Waals surface area contributed by atoms with E-state index in [-0.39, 0.29) is 0 Å². The fourth-order valence-corrected chi connectivity index (χ4v) is 3.43. The first-order chi connectivity index (χ1) is 9.10. The van der Waals surface area contributed by atoms with Gasteiger partial charge in [0.25, 0.3) is 0 Å². The van der Waals surface area contributed by atoms with Crippen LogP contribution in [-0.2, 0) is 20.1 Å². The molecule has 102 valence electrons. The summed E-state index contributed by atoms with van der Waals surface area (Å²) in [6, 6.07) is 4.11. The predicted molar refractivity (Wildman–Crippen MR) is 82.1 cm³/mol. The third-order valence-electron chi connectivity index (χ3n) is 2.68. The first-order valence-electron chi connectivity index (χ1n) is 5.80. The van der Waals surface area contributed by atoms with Gasteiger partial charge in [-0.2, -0.15) is 5.10 Å². The Morgan fingerprint density at radius 3 is 2.37 bits per heavy atom. The van der Waals surface area contributed by atoms with Crippen LogP contribution in [0.4, 0.5) is 0 Å². The summed E-state index contributed by atoms with van der Waals surface area (Å²) in [5.74, 6) is 0.816. The summed E-state index contributed by atoms with van der Waals surface area (Å²) in [5, 5.41) is 7.53. The van der Waals surface area contributed by atoms with Crippen molar-refractivity contribution in [2.24, 2.45) is 7.05 Å². The van der Waals surface area contributed by atoms with Crippen LogP contribution in [-0.4, -0.2) is 16.9 Å². The Kier molecular flexibility index (Phi) is 5.01. The summed E-state index contributed by atoms with van der Waals surface area (Å²) >= 11 is 7.00. The molecule has 0 saturated carbocycles. The van der Waals surface area contributed by atoms with E-state index < -0.39 is 0 Å². The van der Waals surface area contributed by atoms with E-state index in [1.54, 1.807) is 11.8 Å². The van der Waals surface area contributed by atoms with Crippen molar-refractivity contribution < 1.29 is 4.74 Å². The maximum absolute atomic E-state index is 5.28. The van der Waals surface area contributed by atoms with Crippen LogP contribution in [0.5, 0.6) is 5.75 Å². The number of aryl methyl sites for hydroxylation is 1. The van der Waals surface area contributed by atoms with Gasteiger partial charge in [0.15, 0.2) is 0 Å². The quantitative estimate of drug-likeness (QED) is 0.854. The van der Waals surface area contributed by atoms with Crippen molar-refractivity contribution in [3.05, 3.63) is 44.6 Å². The molecular weight excluding hydrogens is 374 g/mol. The highest BCUT2D eigenvalue weighted by molar-refractivity contribution is 9.11. The lowest BCUT2D eigenvalue weighted by atomic mass is 10.2. The molecule has 1 heterocycles. The van der Waals surface area contributed by atoms with Gasteiger partial charge < -0.3 is 10.1 Å². The van der Waals surface area contributed by atoms with Gasteiger partial charge in [0.05, 0.1) is 22.3 Å². The number of benzene rings is 1. The highest BCUT2D eigenvalue weighted by Gasteiger charge is 2.07. The first-order valence-corrected chi connectivity index (χ1v) is 7.39. The molecule has 0 amide bonds. The van der Waals surface area contributed by atoms with Gasteiger partial charge >= 0.3 is 0 Å². The Bertz CT molecular complexity index is 546. The normalized spacial score (nSPS) is 10.7. The summed E-state index contributed by atoms with van der Waals surface area (Å²) in [7, 11) is 3.58. The SMILES string of the molecule is COc1c(Br)cc(CNCc2cnn(C)c2)cc1Br. The van der Waals surface area contributed by atoms with E-state index in [0.29, 0.717) is 0 Å². The zero-order valence-corrected chi connectivity index (χ0v) is 14.0. The summed E-state index contributed by atoms with van der Waals surface area (Å²) in [4.78, 5) is 0. The van der Waals surface area contributed by atoms with Crippen LogP contribution < -0.4 is 10.1 Å². The molecule has 2 aromatic rings. The van der Waals surface area contributed by atoms with Gasteiger partial charge in [-0.25, -0.2) is 0 Å². The molecule has 4 nitrogen and oxygen atoms in total. The molecule has 1 aromatic heterocycles. The average Bonchev–Trinajstić information content (AvgIpc) is 2.75. The Labute approximate surface area is 129 Å². The van der Waals surface area contributed by atoms with Crippen LogP contribution in [0.25, 0.3) is 0 Å². The van der Waals surface area contributed by atoms with E-state index in [4.69, 9.17) is 4.74 Å². The zero-order valence-electron chi connectivity index (χ0n) is 10.8. The van der Waals surface area contributed by atoms with Crippen LogP contribution in [0.2, 0.25) is 0 Å². The predicted octanol–water partition coefficient (Wildman–Crippen LogP) is 3.24. The molecule has 1 N–H and O–H groups in total. The summed E-state index contributed by atoms with van der Waals surface area (Å²) in [6.07, 6.45) is 3.87. The van der Waals surface area contributed by atoms with Gasteiger partial charge in [-0.1, -0.05) is 0 Å². The number of nitrogens with zero attached hydrogens (tertiary/aromatic N) is 2. The Morgan fingerprint density at radius 2 is 1.84 bits per heavy atom. The van der Waals surface area contributed by atoms with Crippen molar-refractivity contribution in [2.45, 2.75) is 13.1 Å².